The summed E-state index contributed by atoms with van der Waals surface area (Å²) >= 11 is 0. The minimum Gasteiger partial charge on any atom is -0.489 e. The number of hydrogen-bond acceptors (Lipinski definition) is 3. The Morgan fingerprint density at radius 1 is 1.20 bits per heavy atom. The normalized spacial score (nSPS) is 18.3. The number of aryl methyl sites for hydroxylation is 1. The first-order valence-electron chi connectivity index (χ1n) is 10.7. The van der Waals surface area contributed by atoms with Crippen molar-refractivity contribution in [1.82, 2.24) is 9.88 Å². The van der Waals surface area contributed by atoms with E-state index in [1.807, 2.05) is 30.5 Å². The number of nitrogens with one attached hydrogen (secondary N) is 1. The number of hydrogen-bond donors (Lipinski definition) is 1. The Bertz CT molecular complexity index is 994. The van der Waals surface area contributed by atoms with E-state index in [0.29, 0.717) is 26.2 Å². The number of fused-ring (bicyclic) bond motifs is 1. The number of benzene rings is 2. The van der Waals surface area contributed by atoms with Crippen LogP contribution in [0, 0.1) is 0 Å². The fourth-order valence-electron chi connectivity index (χ4n) is 4.08. The van der Waals surface area contributed by atoms with E-state index in [2.05, 4.69) is 54.1 Å². The summed E-state index contributed by atoms with van der Waals surface area (Å²) in [7, 11) is 0. The minimum absolute atomic E-state index is 0.0994. The molecule has 4 rings (SSSR count). The molecule has 30 heavy (non-hydrogen) atoms. The van der Waals surface area contributed by atoms with Gasteiger partial charge in [-0.25, -0.2) is 0 Å². The highest BCUT2D eigenvalue weighted by Gasteiger charge is 2.29. The molecular formula is C25H30N2O3. The van der Waals surface area contributed by atoms with E-state index < -0.39 is 0 Å². The summed E-state index contributed by atoms with van der Waals surface area (Å²) in [6, 6.07) is 18.5. The molecule has 1 atom stereocenters. The Labute approximate surface area is 178 Å². The van der Waals surface area contributed by atoms with Crippen molar-refractivity contribution in [2.45, 2.75) is 57.9 Å². The highest BCUT2D eigenvalue weighted by molar-refractivity contribution is 5.82. The minimum atomic E-state index is -0.160. The van der Waals surface area contributed by atoms with Gasteiger partial charge in [0.2, 0.25) is 5.91 Å². The smallest absolute Gasteiger partial charge is 0.222 e. The van der Waals surface area contributed by atoms with Gasteiger partial charge in [-0.3, -0.25) is 4.79 Å². The second-order valence-corrected chi connectivity index (χ2v) is 8.62. The first kappa shape index (κ1) is 20.5. The highest BCUT2D eigenvalue weighted by Crippen LogP contribution is 2.25. The average molecular weight is 407 g/mol. The van der Waals surface area contributed by atoms with Gasteiger partial charge in [0.1, 0.15) is 12.4 Å². The summed E-state index contributed by atoms with van der Waals surface area (Å²) in [5.41, 5.74) is 2.10. The molecule has 2 heterocycles. The van der Waals surface area contributed by atoms with Crippen LogP contribution in [0.5, 0.6) is 5.75 Å². The second kappa shape index (κ2) is 8.92. The van der Waals surface area contributed by atoms with Gasteiger partial charge in [0.15, 0.2) is 0 Å². The molecule has 1 N–H and O–H groups in total. The molecule has 1 aromatic heterocycles. The predicted octanol–water partition coefficient (Wildman–Crippen LogP) is 4.68. The number of carbonyl (C=O) groups excluding carboxylic acids is 1. The maximum Gasteiger partial charge on any atom is 0.222 e. The Morgan fingerprint density at radius 3 is 2.83 bits per heavy atom. The van der Waals surface area contributed by atoms with E-state index in [-0.39, 0.29) is 17.6 Å². The third kappa shape index (κ3) is 5.22. The van der Waals surface area contributed by atoms with Gasteiger partial charge in [-0.1, -0.05) is 30.3 Å². The molecule has 0 unspecified atom stereocenters. The fraction of sp³-hybridized carbons (Fsp3) is 0.400. The second-order valence-electron chi connectivity index (χ2n) is 8.62. The molecule has 2 aromatic carbocycles. The van der Waals surface area contributed by atoms with Crippen molar-refractivity contribution in [3.63, 3.8) is 0 Å². The monoisotopic (exact) mass is 406 g/mol. The fourth-order valence-corrected chi connectivity index (χ4v) is 4.08. The first-order valence-corrected chi connectivity index (χ1v) is 10.7. The quantitative estimate of drug-likeness (QED) is 0.620. The molecule has 5 heteroatoms. The molecule has 0 radical (unpaired) electrons. The summed E-state index contributed by atoms with van der Waals surface area (Å²) in [6.45, 7) is 6.07. The SMILES string of the molecule is CC1(C)C[C@H](NC(=O)CCn2ccc3cc(OCc4ccccc4)ccc32)CCO1. The molecule has 3 aromatic rings. The maximum atomic E-state index is 12.4. The lowest BCUT2D eigenvalue weighted by Gasteiger charge is -2.35. The zero-order valence-corrected chi connectivity index (χ0v) is 17.8. The lowest BCUT2D eigenvalue weighted by molar-refractivity contribution is -0.124. The molecule has 0 spiro atoms. The number of rotatable bonds is 7. The molecule has 5 nitrogen and oxygen atoms in total. The van der Waals surface area contributed by atoms with Gasteiger partial charge in [-0.05, 0) is 56.5 Å². The van der Waals surface area contributed by atoms with E-state index in [1.54, 1.807) is 0 Å². The van der Waals surface area contributed by atoms with E-state index in [0.717, 1.165) is 35.1 Å². The molecule has 1 amide bonds. The molecule has 1 aliphatic heterocycles. The molecule has 1 aliphatic rings. The van der Waals surface area contributed by atoms with Crippen molar-refractivity contribution in [1.29, 1.82) is 0 Å². The molecule has 0 bridgehead atoms. The summed E-state index contributed by atoms with van der Waals surface area (Å²) in [6.07, 6.45) is 4.24. The zero-order chi connectivity index (χ0) is 21.0. The lowest BCUT2D eigenvalue weighted by atomic mass is 9.94. The number of ether oxygens (including phenoxy) is 2. The van der Waals surface area contributed by atoms with Crippen LogP contribution >= 0.6 is 0 Å². The van der Waals surface area contributed by atoms with Crippen LogP contribution in [0.25, 0.3) is 10.9 Å². The van der Waals surface area contributed by atoms with Crippen LogP contribution in [-0.2, 0) is 22.7 Å². The van der Waals surface area contributed by atoms with Gasteiger partial charge < -0.3 is 19.4 Å². The number of amides is 1. The van der Waals surface area contributed by atoms with Crippen LogP contribution < -0.4 is 10.1 Å². The largest absolute Gasteiger partial charge is 0.489 e. The van der Waals surface area contributed by atoms with Gasteiger partial charge in [-0.2, -0.15) is 0 Å². The summed E-state index contributed by atoms with van der Waals surface area (Å²) in [4.78, 5) is 12.4. The summed E-state index contributed by atoms with van der Waals surface area (Å²) < 4.78 is 13.8. The van der Waals surface area contributed by atoms with Crippen LogP contribution in [0.15, 0.2) is 60.8 Å². The Morgan fingerprint density at radius 2 is 2.03 bits per heavy atom. The molecule has 158 valence electrons. The van der Waals surface area contributed by atoms with Crippen LogP contribution in [0.2, 0.25) is 0 Å². The topological polar surface area (TPSA) is 52.5 Å². The Kier molecular flexibility index (Phi) is 6.09. The average Bonchev–Trinajstić information content (AvgIpc) is 3.13. The van der Waals surface area contributed by atoms with Gasteiger partial charge in [0, 0.05) is 42.7 Å². The van der Waals surface area contributed by atoms with E-state index in [4.69, 9.17) is 9.47 Å². The van der Waals surface area contributed by atoms with Crippen molar-refractivity contribution < 1.29 is 14.3 Å². The van der Waals surface area contributed by atoms with Gasteiger partial charge >= 0.3 is 0 Å². The number of nitrogens with zero attached hydrogens (tertiary/aromatic N) is 1. The van der Waals surface area contributed by atoms with E-state index >= 15 is 0 Å². The number of aromatic nitrogens is 1. The molecule has 0 saturated carbocycles. The molecular weight excluding hydrogens is 376 g/mol. The van der Waals surface area contributed by atoms with E-state index in [1.165, 1.54) is 0 Å². The van der Waals surface area contributed by atoms with Crippen LogP contribution in [-0.4, -0.2) is 28.7 Å². The van der Waals surface area contributed by atoms with Gasteiger partial charge in [-0.15, -0.1) is 0 Å². The molecule has 1 saturated heterocycles. The van der Waals surface area contributed by atoms with Crippen molar-refractivity contribution in [3.05, 3.63) is 66.4 Å². The van der Waals surface area contributed by atoms with Crippen molar-refractivity contribution in [2.75, 3.05) is 6.61 Å². The standard InChI is InChI=1S/C25H30N2O3/c1-25(2)17-21(12-15-30-25)26-24(28)11-14-27-13-10-20-16-22(8-9-23(20)27)29-18-19-6-4-3-5-7-19/h3-10,13,16,21H,11-12,14-15,17-18H2,1-2H3,(H,26,28)/t21-/m1/s1. The van der Waals surface area contributed by atoms with Crippen LogP contribution in [0.1, 0.15) is 38.7 Å². The summed E-state index contributed by atoms with van der Waals surface area (Å²) in [5.74, 6) is 0.950. The van der Waals surface area contributed by atoms with Gasteiger partial charge in [0.05, 0.1) is 5.60 Å². The lowest BCUT2D eigenvalue weighted by Crippen LogP contribution is -2.45. The van der Waals surface area contributed by atoms with Crippen LogP contribution in [0.3, 0.4) is 0 Å². The third-order valence-corrected chi connectivity index (χ3v) is 5.63. The summed E-state index contributed by atoms with van der Waals surface area (Å²) in [5, 5.41) is 4.29. The molecule has 0 aliphatic carbocycles. The Hall–Kier alpha value is -2.79. The van der Waals surface area contributed by atoms with Crippen molar-refractivity contribution >= 4 is 16.8 Å². The van der Waals surface area contributed by atoms with Crippen molar-refractivity contribution in [3.8, 4) is 5.75 Å². The van der Waals surface area contributed by atoms with Crippen LogP contribution in [0.4, 0.5) is 0 Å². The zero-order valence-electron chi connectivity index (χ0n) is 17.8. The molecule has 1 fully saturated rings. The maximum absolute atomic E-state index is 12.4. The van der Waals surface area contributed by atoms with Crippen molar-refractivity contribution in [2.24, 2.45) is 0 Å². The van der Waals surface area contributed by atoms with Gasteiger partial charge in [0.25, 0.3) is 0 Å². The predicted molar refractivity (Wildman–Crippen MR) is 119 cm³/mol. The van der Waals surface area contributed by atoms with E-state index in [9.17, 15) is 4.79 Å². The highest BCUT2D eigenvalue weighted by atomic mass is 16.5. The Balaban J connectivity index is 1.32. The first-order chi connectivity index (χ1) is 14.5. The third-order valence-electron chi connectivity index (χ3n) is 5.63. The number of carbonyl (C=O) groups is 1.